The van der Waals surface area contributed by atoms with Crippen LogP contribution in [0, 0.1) is 17.3 Å². The second-order valence-electron chi connectivity index (χ2n) is 6.52. The molecule has 2 atom stereocenters. The van der Waals surface area contributed by atoms with Gasteiger partial charge in [0.25, 0.3) is 0 Å². The SMILES string of the molecule is COc1ccc(C(=O)OC[C@@H]2[C@H](C=C(C)C)C2(C)C)cc1. The first-order valence-corrected chi connectivity index (χ1v) is 7.32. The van der Waals surface area contributed by atoms with E-state index in [1.54, 1.807) is 31.4 Å². The van der Waals surface area contributed by atoms with Crippen molar-refractivity contribution in [1.82, 2.24) is 0 Å². The second-order valence-corrected chi connectivity index (χ2v) is 6.52. The van der Waals surface area contributed by atoms with Gasteiger partial charge in [-0.2, -0.15) is 0 Å². The van der Waals surface area contributed by atoms with Crippen molar-refractivity contribution < 1.29 is 14.3 Å². The van der Waals surface area contributed by atoms with Gasteiger partial charge in [0.1, 0.15) is 5.75 Å². The zero-order chi connectivity index (χ0) is 15.6. The third-order valence-corrected chi connectivity index (χ3v) is 4.37. The van der Waals surface area contributed by atoms with Crippen LogP contribution in [0.5, 0.6) is 5.75 Å². The van der Waals surface area contributed by atoms with Crippen LogP contribution in [-0.4, -0.2) is 19.7 Å². The molecule has 2 rings (SSSR count). The van der Waals surface area contributed by atoms with Gasteiger partial charge in [0, 0.05) is 5.92 Å². The van der Waals surface area contributed by atoms with E-state index in [0.29, 0.717) is 24.0 Å². The Morgan fingerprint density at radius 2 is 1.86 bits per heavy atom. The van der Waals surface area contributed by atoms with Crippen LogP contribution >= 0.6 is 0 Å². The highest BCUT2D eigenvalue weighted by Gasteiger charge is 2.56. The monoisotopic (exact) mass is 288 g/mol. The van der Waals surface area contributed by atoms with Crippen molar-refractivity contribution in [2.45, 2.75) is 27.7 Å². The summed E-state index contributed by atoms with van der Waals surface area (Å²) in [5.74, 6) is 1.38. The fourth-order valence-electron chi connectivity index (χ4n) is 2.77. The van der Waals surface area contributed by atoms with Gasteiger partial charge >= 0.3 is 5.97 Å². The molecule has 0 amide bonds. The zero-order valence-corrected chi connectivity index (χ0v) is 13.5. The maximum absolute atomic E-state index is 12.0. The minimum atomic E-state index is -0.267. The average Bonchev–Trinajstić information content (AvgIpc) is 2.95. The Labute approximate surface area is 127 Å². The summed E-state index contributed by atoms with van der Waals surface area (Å²) in [6.45, 7) is 9.14. The minimum Gasteiger partial charge on any atom is -0.497 e. The van der Waals surface area contributed by atoms with Gasteiger partial charge in [-0.1, -0.05) is 25.5 Å². The largest absolute Gasteiger partial charge is 0.497 e. The Kier molecular flexibility index (Phi) is 4.40. The number of hydrogen-bond acceptors (Lipinski definition) is 3. The molecule has 1 saturated carbocycles. The summed E-state index contributed by atoms with van der Waals surface area (Å²) in [5.41, 5.74) is 2.10. The number of carbonyl (C=O) groups is 1. The molecule has 3 heteroatoms. The minimum absolute atomic E-state index is 0.220. The van der Waals surface area contributed by atoms with Crippen molar-refractivity contribution in [3.63, 3.8) is 0 Å². The van der Waals surface area contributed by atoms with E-state index in [9.17, 15) is 4.79 Å². The Morgan fingerprint density at radius 3 is 2.38 bits per heavy atom. The summed E-state index contributed by atoms with van der Waals surface area (Å²) in [5, 5.41) is 0. The lowest BCUT2D eigenvalue weighted by atomic mass is 10.1. The van der Waals surface area contributed by atoms with Crippen molar-refractivity contribution >= 4 is 5.97 Å². The van der Waals surface area contributed by atoms with Crippen molar-refractivity contribution in [3.05, 3.63) is 41.5 Å². The molecule has 1 aliphatic carbocycles. The predicted molar refractivity (Wildman–Crippen MR) is 83.5 cm³/mol. The van der Waals surface area contributed by atoms with Crippen LogP contribution in [0.3, 0.4) is 0 Å². The van der Waals surface area contributed by atoms with Gasteiger partial charge in [0.2, 0.25) is 0 Å². The number of esters is 1. The summed E-state index contributed by atoms with van der Waals surface area (Å²) in [4.78, 5) is 12.0. The van der Waals surface area contributed by atoms with E-state index in [1.807, 2.05) is 0 Å². The quantitative estimate of drug-likeness (QED) is 0.604. The molecule has 21 heavy (non-hydrogen) atoms. The summed E-state index contributed by atoms with van der Waals surface area (Å²) in [6, 6.07) is 6.99. The van der Waals surface area contributed by atoms with E-state index < -0.39 is 0 Å². The van der Waals surface area contributed by atoms with E-state index >= 15 is 0 Å². The first-order valence-electron chi connectivity index (χ1n) is 7.32. The maximum Gasteiger partial charge on any atom is 0.338 e. The highest BCUT2D eigenvalue weighted by molar-refractivity contribution is 5.89. The third kappa shape index (κ3) is 3.46. The van der Waals surface area contributed by atoms with Crippen LogP contribution in [0.25, 0.3) is 0 Å². The second kappa shape index (κ2) is 5.92. The van der Waals surface area contributed by atoms with Gasteiger partial charge in [0.15, 0.2) is 0 Å². The molecule has 3 nitrogen and oxygen atoms in total. The molecule has 1 aromatic rings. The molecule has 1 fully saturated rings. The summed E-state index contributed by atoms with van der Waals surface area (Å²) in [6.07, 6.45) is 2.28. The Hall–Kier alpha value is -1.77. The third-order valence-electron chi connectivity index (χ3n) is 4.37. The van der Waals surface area contributed by atoms with Crippen molar-refractivity contribution in [1.29, 1.82) is 0 Å². The fraction of sp³-hybridized carbons (Fsp3) is 0.500. The Balaban J connectivity index is 1.91. The molecular formula is C18H24O3. The van der Waals surface area contributed by atoms with Crippen LogP contribution in [0.1, 0.15) is 38.1 Å². The van der Waals surface area contributed by atoms with Gasteiger partial charge < -0.3 is 9.47 Å². The number of carbonyl (C=O) groups excluding carboxylic acids is 1. The molecular weight excluding hydrogens is 264 g/mol. The molecule has 1 aromatic carbocycles. The van der Waals surface area contributed by atoms with E-state index in [-0.39, 0.29) is 11.4 Å². The van der Waals surface area contributed by atoms with Gasteiger partial charge in [-0.3, -0.25) is 0 Å². The van der Waals surface area contributed by atoms with Gasteiger partial charge in [0.05, 0.1) is 19.3 Å². The average molecular weight is 288 g/mol. The molecule has 0 saturated heterocycles. The number of ether oxygens (including phenoxy) is 2. The number of rotatable bonds is 5. The van der Waals surface area contributed by atoms with Crippen LogP contribution in [-0.2, 0) is 4.74 Å². The fourth-order valence-corrected chi connectivity index (χ4v) is 2.77. The molecule has 114 valence electrons. The van der Waals surface area contributed by atoms with Crippen LogP contribution in [0.2, 0.25) is 0 Å². The zero-order valence-electron chi connectivity index (χ0n) is 13.5. The molecule has 0 aromatic heterocycles. The van der Waals surface area contributed by atoms with Gasteiger partial charge in [-0.15, -0.1) is 0 Å². The van der Waals surface area contributed by atoms with Crippen molar-refractivity contribution in [3.8, 4) is 5.75 Å². The van der Waals surface area contributed by atoms with Crippen molar-refractivity contribution in [2.75, 3.05) is 13.7 Å². The number of methoxy groups -OCH3 is 1. The Morgan fingerprint density at radius 1 is 1.24 bits per heavy atom. The van der Waals surface area contributed by atoms with E-state index in [4.69, 9.17) is 9.47 Å². The maximum atomic E-state index is 12.0. The summed E-state index contributed by atoms with van der Waals surface area (Å²) in [7, 11) is 1.60. The van der Waals surface area contributed by atoms with Crippen molar-refractivity contribution in [2.24, 2.45) is 17.3 Å². The van der Waals surface area contributed by atoms with Crippen LogP contribution in [0.15, 0.2) is 35.9 Å². The molecule has 0 N–H and O–H groups in total. The first-order chi connectivity index (χ1) is 9.86. The normalized spacial score (nSPS) is 22.3. The standard InChI is InChI=1S/C18H24O3/c1-12(2)10-15-16(18(15,3)4)11-21-17(19)13-6-8-14(20-5)9-7-13/h6-10,15-16H,11H2,1-5H3/t15-,16+/m0/s1. The lowest BCUT2D eigenvalue weighted by molar-refractivity contribution is 0.0471. The topological polar surface area (TPSA) is 35.5 Å². The lowest BCUT2D eigenvalue weighted by Gasteiger charge is -2.06. The van der Waals surface area contributed by atoms with Gasteiger partial charge in [-0.05, 0) is 49.4 Å². The number of benzene rings is 1. The first kappa shape index (κ1) is 15.6. The molecule has 0 spiro atoms. The van der Waals surface area contributed by atoms with E-state index in [2.05, 4.69) is 33.8 Å². The molecule has 0 aliphatic heterocycles. The summed E-state index contributed by atoms with van der Waals surface area (Å²) < 4.78 is 10.5. The molecule has 0 radical (unpaired) electrons. The van der Waals surface area contributed by atoms with Crippen LogP contribution < -0.4 is 4.74 Å². The van der Waals surface area contributed by atoms with E-state index in [0.717, 1.165) is 5.75 Å². The number of allylic oxidation sites excluding steroid dienone is 2. The van der Waals surface area contributed by atoms with E-state index in [1.165, 1.54) is 5.57 Å². The number of hydrogen-bond donors (Lipinski definition) is 0. The van der Waals surface area contributed by atoms with Crippen LogP contribution in [0.4, 0.5) is 0 Å². The highest BCUT2D eigenvalue weighted by atomic mass is 16.5. The molecule has 1 aliphatic rings. The Bertz CT molecular complexity index is 536. The smallest absolute Gasteiger partial charge is 0.338 e. The summed E-state index contributed by atoms with van der Waals surface area (Å²) >= 11 is 0. The molecule has 0 heterocycles. The van der Waals surface area contributed by atoms with Gasteiger partial charge in [-0.25, -0.2) is 4.79 Å². The lowest BCUT2D eigenvalue weighted by Crippen LogP contribution is -2.09. The predicted octanol–water partition coefficient (Wildman–Crippen LogP) is 4.09. The molecule has 0 bridgehead atoms. The molecule has 0 unspecified atom stereocenters. The highest BCUT2D eigenvalue weighted by Crippen LogP contribution is 2.59.